The highest BCUT2D eigenvalue weighted by atomic mass is 19.1. The van der Waals surface area contributed by atoms with Gasteiger partial charge in [-0.2, -0.15) is 0 Å². The molecule has 1 aromatic heterocycles. The summed E-state index contributed by atoms with van der Waals surface area (Å²) < 4.78 is 15.3. The van der Waals surface area contributed by atoms with Crippen molar-refractivity contribution in [3.8, 4) is 0 Å². The molecule has 2 aromatic rings. The van der Waals surface area contributed by atoms with Crippen LogP contribution in [0.3, 0.4) is 0 Å². The average molecular weight is 277 g/mol. The highest BCUT2D eigenvalue weighted by Gasteiger charge is 2.15. The van der Waals surface area contributed by atoms with Crippen LogP contribution >= 0.6 is 0 Å². The van der Waals surface area contributed by atoms with Crippen LogP contribution < -0.4 is 5.73 Å². The summed E-state index contributed by atoms with van der Waals surface area (Å²) >= 11 is 0. The van der Waals surface area contributed by atoms with Crippen LogP contribution in [0.5, 0.6) is 0 Å². The summed E-state index contributed by atoms with van der Waals surface area (Å²) in [6, 6.07) is 4.75. The summed E-state index contributed by atoms with van der Waals surface area (Å²) in [5, 5.41) is 0. The van der Waals surface area contributed by atoms with Crippen LogP contribution in [-0.4, -0.2) is 16.1 Å². The molecule has 0 aliphatic heterocycles. The van der Waals surface area contributed by atoms with Gasteiger partial charge in [0.05, 0.1) is 11.0 Å². The average Bonchev–Trinajstić information content (AvgIpc) is 2.71. The smallest absolute Gasteiger partial charge is 0.125 e. The molecule has 1 aromatic carbocycles. The van der Waals surface area contributed by atoms with E-state index < -0.39 is 0 Å². The number of fused-ring (bicyclic) bond motifs is 1. The van der Waals surface area contributed by atoms with E-state index in [4.69, 9.17) is 5.73 Å². The van der Waals surface area contributed by atoms with E-state index in [2.05, 4.69) is 18.8 Å². The number of aromatic nitrogens is 2. The van der Waals surface area contributed by atoms with Crippen LogP contribution in [-0.2, 0) is 13.5 Å². The van der Waals surface area contributed by atoms with Crippen molar-refractivity contribution in [2.24, 2.45) is 24.6 Å². The minimum atomic E-state index is -0.213. The lowest BCUT2D eigenvalue weighted by Gasteiger charge is -2.19. The van der Waals surface area contributed by atoms with E-state index in [1.54, 1.807) is 12.1 Å². The second-order valence-electron chi connectivity index (χ2n) is 5.84. The van der Waals surface area contributed by atoms with Gasteiger partial charge in [0, 0.05) is 13.5 Å². The number of rotatable bonds is 6. The second kappa shape index (κ2) is 6.35. The molecule has 110 valence electrons. The number of imidazole rings is 1. The molecule has 1 unspecified atom stereocenters. The number of halogens is 1. The molecule has 4 heteroatoms. The van der Waals surface area contributed by atoms with Crippen LogP contribution in [0.15, 0.2) is 18.2 Å². The fourth-order valence-corrected chi connectivity index (χ4v) is 2.78. The van der Waals surface area contributed by atoms with Gasteiger partial charge in [-0.3, -0.25) is 0 Å². The predicted molar refractivity (Wildman–Crippen MR) is 81.0 cm³/mol. The Morgan fingerprint density at radius 3 is 2.70 bits per heavy atom. The van der Waals surface area contributed by atoms with Gasteiger partial charge in [0.2, 0.25) is 0 Å². The minimum Gasteiger partial charge on any atom is -0.331 e. The van der Waals surface area contributed by atoms with Gasteiger partial charge in [0.1, 0.15) is 11.6 Å². The summed E-state index contributed by atoms with van der Waals surface area (Å²) in [4.78, 5) is 4.61. The highest BCUT2D eigenvalue weighted by molar-refractivity contribution is 5.75. The molecule has 1 heterocycles. The molecule has 0 aliphatic rings. The van der Waals surface area contributed by atoms with E-state index in [1.807, 2.05) is 11.6 Å². The molecule has 0 amide bonds. The minimum absolute atomic E-state index is 0.213. The fraction of sp³-hybridized carbons (Fsp3) is 0.562. The zero-order valence-corrected chi connectivity index (χ0v) is 12.6. The van der Waals surface area contributed by atoms with Gasteiger partial charge in [-0.05, 0) is 49.4 Å². The zero-order valence-electron chi connectivity index (χ0n) is 12.6. The number of nitrogens with two attached hydrogens (primary N) is 1. The first-order valence-electron chi connectivity index (χ1n) is 7.33. The van der Waals surface area contributed by atoms with E-state index in [0.29, 0.717) is 11.8 Å². The maximum Gasteiger partial charge on any atom is 0.125 e. The normalized spacial score (nSPS) is 13.3. The summed E-state index contributed by atoms with van der Waals surface area (Å²) in [5.74, 6) is 2.06. The van der Waals surface area contributed by atoms with Crippen molar-refractivity contribution in [3.63, 3.8) is 0 Å². The largest absolute Gasteiger partial charge is 0.331 e. The molecule has 3 nitrogen and oxygen atoms in total. The molecule has 0 saturated heterocycles. The number of benzene rings is 1. The maximum atomic E-state index is 13.3. The Hall–Kier alpha value is -1.42. The van der Waals surface area contributed by atoms with Crippen molar-refractivity contribution in [2.75, 3.05) is 6.54 Å². The Morgan fingerprint density at radius 1 is 1.30 bits per heavy atom. The molecule has 1 atom stereocenters. The molecule has 0 aliphatic carbocycles. The van der Waals surface area contributed by atoms with E-state index in [-0.39, 0.29) is 5.82 Å². The quantitative estimate of drug-likeness (QED) is 0.880. The van der Waals surface area contributed by atoms with Crippen molar-refractivity contribution in [2.45, 2.75) is 33.1 Å². The van der Waals surface area contributed by atoms with Crippen molar-refractivity contribution < 1.29 is 4.39 Å². The Kier molecular flexibility index (Phi) is 4.76. The standard InChI is InChI=1S/C16H24FN3/c1-11(2)12(8-9-18)4-7-16-19-14-6-5-13(17)10-15(14)20(16)3/h5-6,10-12H,4,7-9,18H2,1-3H3. The topological polar surface area (TPSA) is 43.8 Å². The van der Waals surface area contributed by atoms with Gasteiger partial charge < -0.3 is 10.3 Å². The molecule has 20 heavy (non-hydrogen) atoms. The Balaban J connectivity index is 2.15. The summed E-state index contributed by atoms with van der Waals surface area (Å²) in [6.45, 7) is 5.21. The number of hydrogen-bond donors (Lipinski definition) is 1. The van der Waals surface area contributed by atoms with E-state index in [0.717, 1.165) is 42.7 Å². The van der Waals surface area contributed by atoms with Gasteiger partial charge >= 0.3 is 0 Å². The van der Waals surface area contributed by atoms with Crippen LogP contribution in [0.25, 0.3) is 11.0 Å². The second-order valence-corrected chi connectivity index (χ2v) is 5.84. The van der Waals surface area contributed by atoms with Crippen LogP contribution in [0.2, 0.25) is 0 Å². The third kappa shape index (κ3) is 3.18. The van der Waals surface area contributed by atoms with E-state index in [9.17, 15) is 4.39 Å². The lowest BCUT2D eigenvalue weighted by molar-refractivity contribution is 0.338. The van der Waals surface area contributed by atoms with Gasteiger partial charge in [-0.1, -0.05) is 13.8 Å². The molecule has 0 saturated carbocycles. The third-order valence-corrected chi connectivity index (χ3v) is 4.15. The van der Waals surface area contributed by atoms with Gasteiger partial charge in [-0.15, -0.1) is 0 Å². The number of hydrogen-bond acceptors (Lipinski definition) is 2. The lowest BCUT2D eigenvalue weighted by Crippen LogP contribution is -2.16. The monoisotopic (exact) mass is 277 g/mol. The molecular formula is C16H24FN3. The molecule has 2 rings (SSSR count). The lowest BCUT2D eigenvalue weighted by atomic mass is 9.88. The Bertz CT molecular complexity index is 574. The number of nitrogens with zero attached hydrogens (tertiary/aromatic N) is 2. The predicted octanol–water partition coefficient (Wildman–Crippen LogP) is 3.27. The Labute approximate surface area is 120 Å². The van der Waals surface area contributed by atoms with Crippen LogP contribution in [0.1, 0.15) is 32.5 Å². The molecule has 2 N–H and O–H groups in total. The Morgan fingerprint density at radius 2 is 2.05 bits per heavy atom. The van der Waals surface area contributed by atoms with Crippen LogP contribution in [0, 0.1) is 17.7 Å². The molecule has 0 fully saturated rings. The molecule has 0 spiro atoms. The first-order chi connectivity index (χ1) is 9.52. The van der Waals surface area contributed by atoms with Crippen molar-refractivity contribution in [1.82, 2.24) is 9.55 Å². The molecule has 0 bridgehead atoms. The van der Waals surface area contributed by atoms with Crippen molar-refractivity contribution in [3.05, 3.63) is 29.8 Å². The highest BCUT2D eigenvalue weighted by Crippen LogP contribution is 2.23. The summed E-state index contributed by atoms with van der Waals surface area (Å²) in [5.41, 5.74) is 7.41. The first kappa shape index (κ1) is 15.0. The van der Waals surface area contributed by atoms with E-state index >= 15 is 0 Å². The summed E-state index contributed by atoms with van der Waals surface area (Å²) in [6.07, 6.45) is 3.04. The molecule has 0 radical (unpaired) electrons. The maximum absolute atomic E-state index is 13.3. The van der Waals surface area contributed by atoms with E-state index in [1.165, 1.54) is 6.07 Å². The third-order valence-electron chi connectivity index (χ3n) is 4.15. The van der Waals surface area contributed by atoms with Crippen LogP contribution in [0.4, 0.5) is 4.39 Å². The first-order valence-corrected chi connectivity index (χ1v) is 7.33. The van der Waals surface area contributed by atoms with Gasteiger partial charge in [0.15, 0.2) is 0 Å². The zero-order chi connectivity index (χ0) is 14.7. The SMILES string of the molecule is CC(C)C(CCN)CCc1nc2ccc(F)cc2n1C. The van der Waals surface area contributed by atoms with Gasteiger partial charge in [-0.25, -0.2) is 9.37 Å². The van der Waals surface area contributed by atoms with Crippen molar-refractivity contribution in [1.29, 1.82) is 0 Å². The fourth-order valence-electron chi connectivity index (χ4n) is 2.78. The summed E-state index contributed by atoms with van der Waals surface area (Å²) in [7, 11) is 1.96. The number of aryl methyl sites for hydroxylation is 2. The molecular weight excluding hydrogens is 253 g/mol. The van der Waals surface area contributed by atoms with Gasteiger partial charge in [0.25, 0.3) is 0 Å². The van der Waals surface area contributed by atoms with Crippen molar-refractivity contribution >= 4 is 11.0 Å².